The van der Waals surface area contributed by atoms with Crippen molar-refractivity contribution in [3.8, 4) is 5.75 Å². The number of halogens is 1. The van der Waals surface area contributed by atoms with E-state index in [0.29, 0.717) is 17.9 Å². The molecule has 0 aromatic heterocycles. The van der Waals surface area contributed by atoms with Gasteiger partial charge in [0.15, 0.2) is 5.78 Å². The number of ether oxygens (including phenoxy) is 1. The van der Waals surface area contributed by atoms with Crippen LogP contribution in [0.4, 0.5) is 0 Å². The first-order valence-corrected chi connectivity index (χ1v) is 9.98. The molecule has 5 nitrogen and oxygen atoms in total. The number of carbonyl (C=O) groups excluding carboxylic acids is 1. The van der Waals surface area contributed by atoms with Gasteiger partial charge in [-0.2, -0.15) is 0 Å². The van der Waals surface area contributed by atoms with Crippen molar-refractivity contribution in [1.82, 2.24) is 9.80 Å². The van der Waals surface area contributed by atoms with Crippen molar-refractivity contribution in [2.24, 2.45) is 0 Å². The number of β-amino-alcohol motifs (C(OH)–C–C–N with tert-alkyl or cyclic N) is 1. The van der Waals surface area contributed by atoms with Crippen molar-refractivity contribution in [3.05, 3.63) is 64.7 Å². The molecule has 0 aliphatic carbocycles. The van der Waals surface area contributed by atoms with E-state index in [9.17, 15) is 9.90 Å². The molecule has 1 aliphatic rings. The fourth-order valence-corrected chi connectivity index (χ4v) is 3.43. The average Bonchev–Trinajstić information content (AvgIpc) is 2.70. The molecule has 1 heterocycles. The quantitative estimate of drug-likeness (QED) is 0.687. The summed E-state index contributed by atoms with van der Waals surface area (Å²) in [6, 6.07) is 15.0. The number of aliphatic hydroxyl groups excluding tert-OH is 1. The highest BCUT2D eigenvalue weighted by Crippen LogP contribution is 2.14. The van der Waals surface area contributed by atoms with Crippen molar-refractivity contribution >= 4 is 17.4 Å². The molecule has 1 N–H and O–H groups in total. The number of rotatable bonds is 8. The van der Waals surface area contributed by atoms with Crippen LogP contribution in [-0.4, -0.2) is 66.1 Å². The Bertz CT molecular complexity index is 756. The highest BCUT2D eigenvalue weighted by atomic mass is 35.5. The largest absolute Gasteiger partial charge is 0.491 e. The van der Waals surface area contributed by atoms with E-state index in [0.717, 1.165) is 37.7 Å². The lowest BCUT2D eigenvalue weighted by atomic mass is 10.1. The van der Waals surface area contributed by atoms with Crippen LogP contribution in [0.5, 0.6) is 5.75 Å². The zero-order valence-corrected chi connectivity index (χ0v) is 16.9. The molecule has 1 aliphatic heterocycles. The number of ketones is 1. The summed E-state index contributed by atoms with van der Waals surface area (Å²) in [6.07, 6.45) is -0.546. The van der Waals surface area contributed by atoms with Gasteiger partial charge in [0.25, 0.3) is 0 Å². The number of hydrogen-bond donors (Lipinski definition) is 1. The first-order valence-electron chi connectivity index (χ1n) is 9.60. The molecule has 0 amide bonds. The maximum atomic E-state index is 11.3. The third-order valence-electron chi connectivity index (χ3n) is 4.96. The molecular weight excluding hydrogens is 376 g/mol. The van der Waals surface area contributed by atoms with Gasteiger partial charge < -0.3 is 9.84 Å². The molecule has 2 aromatic carbocycles. The number of carbonyl (C=O) groups is 1. The van der Waals surface area contributed by atoms with Crippen molar-refractivity contribution in [2.75, 3.05) is 39.3 Å². The van der Waals surface area contributed by atoms with Crippen LogP contribution in [0, 0.1) is 0 Å². The number of aliphatic hydroxyl groups is 1. The summed E-state index contributed by atoms with van der Waals surface area (Å²) in [4.78, 5) is 16.0. The Balaban J connectivity index is 1.36. The normalized spacial score (nSPS) is 16.7. The summed E-state index contributed by atoms with van der Waals surface area (Å²) in [6.45, 7) is 7.10. The van der Waals surface area contributed by atoms with Crippen molar-refractivity contribution in [1.29, 1.82) is 0 Å². The van der Waals surface area contributed by atoms with Gasteiger partial charge in [-0.15, -0.1) is 0 Å². The molecule has 0 bridgehead atoms. The summed E-state index contributed by atoms with van der Waals surface area (Å²) in [7, 11) is 0. The lowest BCUT2D eigenvalue weighted by molar-refractivity contribution is 0.0446. The number of benzene rings is 2. The smallest absolute Gasteiger partial charge is 0.159 e. The number of piperazine rings is 1. The molecule has 0 unspecified atom stereocenters. The number of hydrogen-bond acceptors (Lipinski definition) is 5. The van der Waals surface area contributed by atoms with Gasteiger partial charge in [-0.25, -0.2) is 0 Å². The van der Waals surface area contributed by atoms with Crippen LogP contribution >= 0.6 is 11.6 Å². The second-order valence-electron chi connectivity index (χ2n) is 7.25. The molecule has 0 spiro atoms. The Morgan fingerprint density at radius 2 is 1.64 bits per heavy atom. The zero-order valence-electron chi connectivity index (χ0n) is 16.2. The van der Waals surface area contributed by atoms with Crippen molar-refractivity contribution in [3.63, 3.8) is 0 Å². The van der Waals surface area contributed by atoms with Crippen LogP contribution in [-0.2, 0) is 6.54 Å². The van der Waals surface area contributed by atoms with Gasteiger partial charge in [-0.1, -0.05) is 23.7 Å². The molecule has 6 heteroatoms. The van der Waals surface area contributed by atoms with Crippen LogP contribution in [0.15, 0.2) is 48.5 Å². The molecule has 0 saturated carbocycles. The summed E-state index contributed by atoms with van der Waals surface area (Å²) < 4.78 is 5.64. The highest BCUT2D eigenvalue weighted by Gasteiger charge is 2.19. The number of Topliss-reactive ketones (excluding diaryl/α,β-unsaturated/α-hetero) is 1. The van der Waals surface area contributed by atoms with Gasteiger partial charge in [0.2, 0.25) is 0 Å². The fourth-order valence-electron chi connectivity index (χ4n) is 3.31. The molecule has 1 fully saturated rings. The standard InChI is InChI=1S/C22H27ClN2O3/c1-17(26)19-4-8-22(9-5-19)28-16-21(27)15-25-12-10-24(11-13-25)14-18-2-6-20(23)7-3-18/h2-9,21,27H,10-16H2,1H3/t21-/m0/s1. The summed E-state index contributed by atoms with van der Waals surface area (Å²) in [5.41, 5.74) is 1.92. The summed E-state index contributed by atoms with van der Waals surface area (Å²) in [5.74, 6) is 0.693. The molecule has 0 radical (unpaired) electrons. The Morgan fingerprint density at radius 3 is 2.25 bits per heavy atom. The Hall–Kier alpha value is -1.92. The lowest BCUT2D eigenvalue weighted by Crippen LogP contribution is -2.48. The van der Waals surface area contributed by atoms with Gasteiger partial charge in [0, 0.05) is 49.9 Å². The Morgan fingerprint density at radius 1 is 1.04 bits per heavy atom. The van der Waals surface area contributed by atoms with Crippen molar-refractivity contribution in [2.45, 2.75) is 19.6 Å². The predicted molar refractivity (Wildman–Crippen MR) is 111 cm³/mol. The first kappa shape index (κ1) is 20.8. The zero-order chi connectivity index (χ0) is 19.9. The fraction of sp³-hybridized carbons (Fsp3) is 0.409. The Labute approximate surface area is 171 Å². The lowest BCUT2D eigenvalue weighted by Gasteiger charge is -2.35. The third kappa shape index (κ3) is 6.31. The SMILES string of the molecule is CC(=O)c1ccc(OC[C@@H](O)CN2CCN(Cc3ccc(Cl)cc3)CC2)cc1. The van der Waals surface area contributed by atoms with Crippen LogP contribution in [0.2, 0.25) is 5.02 Å². The maximum Gasteiger partial charge on any atom is 0.159 e. The minimum absolute atomic E-state index is 0.0294. The van der Waals surface area contributed by atoms with Crippen LogP contribution in [0.25, 0.3) is 0 Å². The van der Waals surface area contributed by atoms with E-state index < -0.39 is 6.10 Å². The van der Waals surface area contributed by atoms with Gasteiger partial charge in [-0.05, 0) is 48.9 Å². The van der Waals surface area contributed by atoms with E-state index in [1.807, 2.05) is 12.1 Å². The van der Waals surface area contributed by atoms with E-state index in [-0.39, 0.29) is 12.4 Å². The molecule has 150 valence electrons. The monoisotopic (exact) mass is 402 g/mol. The predicted octanol–water partition coefficient (Wildman–Crippen LogP) is 3.10. The van der Waals surface area contributed by atoms with Gasteiger partial charge in [-0.3, -0.25) is 14.6 Å². The van der Waals surface area contributed by atoms with E-state index >= 15 is 0 Å². The Kier molecular flexibility index (Phi) is 7.45. The summed E-state index contributed by atoms with van der Waals surface area (Å²) in [5, 5.41) is 11.0. The van der Waals surface area contributed by atoms with Crippen LogP contribution in [0.3, 0.4) is 0 Å². The molecule has 28 heavy (non-hydrogen) atoms. The van der Waals surface area contributed by atoms with E-state index in [1.165, 1.54) is 12.5 Å². The maximum absolute atomic E-state index is 11.3. The second-order valence-corrected chi connectivity index (χ2v) is 7.69. The van der Waals surface area contributed by atoms with Crippen LogP contribution < -0.4 is 4.74 Å². The van der Waals surface area contributed by atoms with Crippen molar-refractivity contribution < 1.29 is 14.6 Å². The molecule has 1 atom stereocenters. The summed E-state index contributed by atoms with van der Waals surface area (Å²) >= 11 is 5.94. The molecule has 3 rings (SSSR count). The van der Waals surface area contributed by atoms with E-state index in [1.54, 1.807) is 24.3 Å². The van der Waals surface area contributed by atoms with Gasteiger partial charge in [0.05, 0.1) is 0 Å². The topological polar surface area (TPSA) is 53.0 Å². The van der Waals surface area contributed by atoms with E-state index in [2.05, 4.69) is 21.9 Å². The average molecular weight is 403 g/mol. The minimum atomic E-state index is -0.546. The molecule has 2 aromatic rings. The second kappa shape index (κ2) is 10.0. The third-order valence-corrected chi connectivity index (χ3v) is 5.21. The van der Waals surface area contributed by atoms with Crippen LogP contribution in [0.1, 0.15) is 22.8 Å². The van der Waals surface area contributed by atoms with E-state index in [4.69, 9.17) is 16.3 Å². The number of nitrogens with zero attached hydrogens (tertiary/aromatic N) is 2. The first-order chi connectivity index (χ1) is 13.5. The minimum Gasteiger partial charge on any atom is -0.491 e. The van der Waals surface area contributed by atoms with Gasteiger partial charge >= 0.3 is 0 Å². The molecule has 1 saturated heterocycles. The van der Waals surface area contributed by atoms with Gasteiger partial charge in [0.1, 0.15) is 18.5 Å². The highest BCUT2D eigenvalue weighted by molar-refractivity contribution is 6.30. The molecular formula is C22H27ClN2O3.